The van der Waals surface area contributed by atoms with Crippen molar-refractivity contribution in [1.82, 2.24) is 4.72 Å². The molecule has 2 rings (SSSR count). The topological polar surface area (TPSA) is 119 Å². The van der Waals surface area contributed by atoms with E-state index in [2.05, 4.69) is 10.0 Å². The second-order valence-electron chi connectivity index (χ2n) is 7.45. The van der Waals surface area contributed by atoms with Crippen molar-refractivity contribution >= 4 is 44.7 Å². The predicted octanol–water partition coefficient (Wildman–Crippen LogP) is 2.83. The molecule has 2 aromatic rings. The SMILES string of the molecule is CC(C)(C)C(=O)Nc1ccc(C(=O)COC(=O)CCNS(=O)(=O)c2cccs2)cc1. The summed E-state index contributed by atoms with van der Waals surface area (Å²) in [6.07, 6.45) is -0.199. The number of ether oxygens (including phenoxy) is 1. The highest BCUT2D eigenvalue weighted by molar-refractivity contribution is 7.91. The van der Waals surface area contributed by atoms with Crippen molar-refractivity contribution in [2.75, 3.05) is 18.5 Å². The molecule has 0 saturated carbocycles. The molecule has 2 N–H and O–H groups in total. The number of hydrogen-bond acceptors (Lipinski definition) is 7. The molecule has 30 heavy (non-hydrogen) atoms. The fourth-order valence-electron chi connectivity index (χ4n) is 2.13. The molecule has 8 nitrogen and oxygen atoms in total. The number of anilines is 1. The number of carbonyl (C=O) groups excluding carboxylic acids is 3. The van der Waals surface area contributed by atoms with E-state index in [-0.39, 0.29) is 23.1 Å². The van der Waals surface area contributed by atoms with Gasteiger partial charge in [0.15, 0.2) is 12.4 Å². The highest BCUT2D eigenvalue weighted by Crippen LogP contribution is 2.18. The normalized spacial score (nSPS) is 11.7. The minimum Gasteiger partial charge on any atom is -0.457 e. The number of carbonyl (C=O) groups is 3. The molecule has 0 unspecified atom stereocenters. The summed E-state index contributed by atoms with van der Waals surface area (Å²) < 4.78 is 31.3. The number of nitrogens with one attached hydrogen (secondary N) is 2. The summed E-state index contributed by atoms with van der Waals surface area (Å²) in [4.78, 5) is 35.9. The first-order valence-corrected chi connectivity index (χ1v) is 11.5. The number of ketones is 1. The number of Topliss-reactive ketones (excluding diaryl/α,β-unsaturated/α-hetero) is 1. The van der Waals surface area contributed by atoms with Crippen molar-refractivity contribution in [3.05, 3.63) is 47.3 Å². The van der Waals surface area contributed by atoms with Crippen LogP contribution in [0.1, 0.15) is 37.6 Å². The molecule has 0 aliphatic carbocycles. The van der Waals surface area contributed by atoms with E-state index in [1.807, 2.05) is 0 Å². The largest absolute Gasteiger partial charge is 0.457 e. The highest BCUT2D eigenvalue weighted by atomic mass is 32.2. The van der Waals surface area contributed by atoms with Gasteiger partial charge in [0, 0.05) is 23.2 Å². The molecule has 0 aliphatic heterocycles. The molecule has 1 heterocycles. The van der Waals surface area contributed by atoms with Gasteiger partial charge in [-0.15, -0.1) is 11.3 Å². The molecule has 1 aromatic heterocycles. The Bertz CT molecular complexity index is 991. The van der Waals surface area contributed by atoms with Gasteiger partial charge in [0.2, 0.25) is 15.9 Å². The Hall–Kier alpha value is -2.56. The molecule has 1 aromatic carbocycles. The quantitative estimate of drug-likeness (QED) is 0.446. The molecule has 0 atom stereocenters. The summed E-state index contributed by atoms with van der Waals surface area (Å²) in [6, 6.07) is 9.33. The van der Waals surface area contributed by atoms with Crippen molar-refractivity contribution in [3.8, 4) is 0 Å². The van der Waals surface area contributed by atoms with Crippen LogP contribution in [0.15, 0.2) is 46.0 Å². The van der Waals surface area contributed by atoms with Gasteiger partial charge < -0.3 is 10.1 Å². The van der Waals surface area contributed by atoms with Gasteiger partial charge >= 0.3 is 5.97 Å². The van der Waals surface area contributed by atoms with E-state index in [1.54, 1.807) is 44.4 Å². The Morgan fingerprint density at radius 1 is 1.07 bits per heavy atom. The van der Waals surface area contributed by atoms with Crippen LogP contribution in [0.5, 0.6) is 0 Å². The molecule has 0 bridgehead atoms. The first-order valence-electron chi connectivity index (χ1n) is 9.12. The van der Waals surface area contributed by atoms with Gasteiger partial charge in [0.25, 0.3) is 0 Å². The molecule has 162 valence electrons. The first-order chi connectivity index (χ1) is 14.0. The summed E-state index contributed by atoms with van der Waals surface area (Å²) in [5.74, 6) is -1.24. The average Bonchev–Trinajstić information content (AvgIpc) is 3.21. The number of thiophene rings is 1. The third kappa shape index (κ3) is 7.05. The Labute approximate surface area is 179 Å². The van der Waals surface area contributed by atoms with Gasteiger partial charge in [-0.3, -0.25) is 14.4 Å². The average molecular weight is 453 g/mol. The van der Waals surface area contributed by atoms with Crippen molar-refractivity contribution in [2.24, 2.45) is 5.41 Å². The Morgan fingerprint density at radius 3 is 2.30 bits per heavy atom. The highest BCUT2D eigenvalue weighted by Gasteiger charge is 2.21. The van der Waals surface area contributed by atoms with Crippen LogP contribution in [0.2, 0.25) is 0 Å². The summed E-state index contributed by atoms with van der Waals surface area (Å²) in [5.41, 5.74) is 0.345. The molecule has 0 aliphatic rings. The zero-order valence-electron chi connectivity index (χ0n) is 16.9. The minimum absolute atomic E-state index is 0.130. The maximum absolute atomic E-state index is 12.2. The first kappa shape index (κ1) is 23.7. The zero-order chi connectivity index (χ0) is 22.4. The number of benzene rings is 1. The fraction of sp³-hybridized carbons (Fsp3) is 0.350. The maximum Gasteiger partial charge on any atom is 0.307 e. The maximum atomic E-state index is 12.2. The lowest BCUT2D eigenvalue weighted by Gasteiger charge is -2.17. The van der Waals surface area contributed by atoms with Crippen LogP contribution in [0.3, 0.4) is 0 Å². The van der Waals surface area contributed by atoms with Gasteiger partial charge in [0.1, 0.15) is 4.21 Å². The van der Waals surface area contributed by atoms with Gasteiger partial charge in [0.05, 0.1) is 6.42 Å². The van der Waals surface area contributed by atoms with E-state index in [9.17, 15) is 22.8 Å². The van der Waals surface area contributed by atoms with Crippen LogP contribution in [-0.4, -0.2) is 39.2 Å². The predicted molar refractivity (Wildman–Crippen MR) is 114 cm³/mol. The fourth-order valence-corrected chi connectivity index (χ4v) is 4.20. The van der Waals surface area contributed by atoms with E-state index in [1.165, 1.54) is 18.2 Å². The van der Waals surface area contributed by atoms with Crippen molar-refractivity contribution in [1.29, 1.82) is 0 Å². The molecule has 0 spiro atoms. The monoisotopic (exact) mass is 452 g/mol. The summed E-state index contributed by atoms with van der Waals surface area (Å²) in [5, 5.41) is 4.39. The molecule has 10 heteroatoms. The van der Waals surface area contributed by atoms with Gasteiger partial charge in [-0.2, -0.15) is 0 Å². The van der Waals surface area contributed by atoms with Gasteiger partial charge in [-0.1, -0.05) is 26.8 Å². The molecule has 1 amide bonds. The third-order valence-corrected chi connectivity index (χ3v) is 6.75. The van der Waals surface area contributed by atoms with Crippen LogP contribution in [0.4, 0.5) is 5.69 Å². The zero-order valence-corrected chi connectivity index (χ0v) is 18.6. The number of esters is 1. The molecular weight excluding hydrogens is 428 g/mol. The van der Waals surface area contributed by atoms with Crippen molar-refractivity contribution < 1.29 is 27.5 Å². The van der Waals surface area contributed by atoms with E-state index in [4.69, 9.17) is 4.74 Å². The summed E-state index contributed by atoms with van der Waals surface area (Å²) >= 11 is 1.07. The molecule has 0 saturated heterocycles. The number of amides is 1. The van der Waals surface area contributed by atoms with Crippen LogP contribution in [0, 0.1) is 5.41 Å². The summed E-state index contributed by atoms with van der Waals surface area (Å²) in [7, 11) is -3.65. The van der Waals surface area contributed by atoms with Crippen LogP contribution in [-0.2, 0) is 24.3 Å². The van der Waals surface area contributed by atoms with Gasteiger partial charge in [-0.05, 0) is 35.7 Å². The molecular formula is C20H24N2O6S2. The lowest BCUT2D eigenvalue weighted by Crippen LogP contribution is -2.27. The lowest BCUT2D eigenvalue weighted by atomic mass is 9.95. The number of hydrogen-bond donors (Lipinski definition) is 2. The van der Waals surface area contributed by atoms with E-state index in [0.29, 0.717) is 11.3 Å². The smallest absolute Gasteiger partial charge is 0.307 e. The van der Waals surface area contributed by atoms with Crippen LogP contribution in [0.25, 0.3) is 0 Å². The molecule has 0 radical (unpaired) electrons. The van der Waals surface area contributed by atoms with Crippen molar-refractivity contribution in [2.45, 2.75) is 31.4 Å². The second-order valence-corrected chi connectivity index (χ2v) is 10.4. The van der Waals surface area contributed by atoms with Crippen LogP contribution < -0.4 is 10.0 Å². The van der Waals surface area contributed by atoms with E-state index in [0.717, 1.165) is 11.3 Å². The Balaban J connectivity index is 1.77. The second kappa shape index (κ2) is 9.96. The Kier molecular flexibility index (Phi) is 7.88. The summed E-state index contributed by atoms with van der Waals surface area (Å²) in [6.45, 7) is 4.80. The van der Waals surface area contributed by atoms with E-state index < -0.39 is 33.8 Å². The van der Waals surface area contributed by atoms with Crippen molar-refractivity contribution in [3.63, 3.8) is 0 Å². The number of rotatable bonds is 9. The minimum atomic E-state index is -3.65. The Morgan fingerprint density at radius 2 is 1.73 bits per heavy atom. The lowest BCUT2D eigenvalue weighted by molar-refractivity contribution is -0.142. The van der Waals surface area contributed by atoms with Gasteiger partial charge in [-0.25, -0.2) is 13.1 Å². The third-order valence-electron chi connectivity index (χ3n) is 3.89. The molecule has 0 fully saturated rings. The van der Waals surface area contributed by atoms with E-state index >= 15 is 0 Å². The standard InChI is InChI=1S/C20H24N2O6S2/c1-20(2,3)19(25)22-15-8-6-14(7-9-15)16(23)13-28-17(24)10-11-21-30(26,27)18-5-4-12-29-18/h4-9,12,21H,10-11,13H2,1-3H3,(H,22,25). The number of sulfonamides is 1. The van der Waals surface area contributed by atoms with Crippen LogP contribution >= 0.6 is 11.3 Å².